The molecule has 0 unspecified atom stereocenters. The lowest BCUT2D eigenvalue weighted by atomic mass is 10.1. The van der Waals surface area contributed by atoms with Gasteiger partial charge in [0.25, 0.3) is 0 Å². The molecule has 4 aromatic rings. The molecular formula is C20H21N7O. The number of morpholine rings is 1. The first-order valence-corrected chi connectivity index (χ1v) is 9.38. The van der Waals surface area contributed by atoms with Crippen LogP contribution in [-0.4, -0.2) is 55.2 Å². The second-order valence-corrected chi connectivity index (χ2v) is 7.20. The molecular weight excluding hydrogens is 354 g/mol. The molecule has 28 heavy (non-hydrogen) atoms. The van der Waals surface area contributed by atoms with Crippen LogP contribution in [0.4, 0.5) is 5.82 Å². The third kappa shape index (κ3) is 3.01. The van der Waals surface area contributed by atoms with Crippen LogP contribution in [0.15, 0.2) is 49.1 Å². The van der Waals surface area contributed by atoms with Crippen LogP contribution in [0.1, 0.15) is 13.8 Å². The molecule has 3 aromatic heterocycles. The van der Waals surface area contributed by atoms with Crippen LogP contribution in [0.5, 0.6) is 0 Å². The van der Waals surface area contributed by atoms with Gasteiger partial charge in [-0.3, -0.25) is 5.10 Å². The van der Waals surface area contributed by atoms with Gasteiger partial charge in [0.15, 0.2) is 5.82 Å². The van der Waals surface area contributed by atoms with Crippen LogP contribution in [0.2, 0.25) is 0 Å². The van der Waals surface area contributed by atoms with Crippen LogP contribution >= 0.6 is 0 Å². The third-order valence-corrected chi connectivity index (χ3v) is 4.98. The van der Waals surface area contributed by atoms with Crippen molar-refractivity contribution < 1.29 is 4.74 Å². The van der Waals surface area contributed by atoms with Gasteiger partial charge in [-0.25, -0.2) is 14.6 Å². The fraction of sp³-hybridized carbons (Fsp3) is 0.300. The zero-order valence-corrected chi connectivity index (χ0v) is 15.8. The lowest BCUT2D eigenvalue weighted by Gasteiger charge is -2.36. The number of nitrogens with zero attached hydrogens (tertiary/aromatic N) is 6. The minimum atomic E-state index is 0.171. The number of ether oxygens (including phenoxy) is 1. The Morgan fingerprint density at radius 3 is 2.64 bits per heavy atom. The van der Waals surface area contributed by atoms with Gasteiger partial charge in [-0.05, 0) is 26.0 Å². The van der Waals surface area contributed by atoms with E-state index in [0.717, 1.165) is 46.9 Å². The summed E-state index contributed by atoms with van der Waals surface area (Å²) in [5.74, 6) is 1.63. The molecule has 1 aliphatic heterocycles. The predicted molar refractivity (Wildman–Crippen MR) is 106 cm³/mol. The molecule has 1 aromatic carbocycles. The number of rotatable bonds is 3. The van der Waals surface area contributed by atoms with Crippen LogP contribution in [0.25, 0.3) is 28.0 Å². The Kier molecular flexibility index (Phi) is 4.05. The Morgan fingerprint density at radius 1 is 1.04 bits per heavy atom. The standard InChI is InChI=1S/C20H21N7O/c1-13-10-26(11-14(2)28-13)19-8-20(22-12-21-19)27-18-7-15(17-5-6-23-25-17)3-4-16(18)9-24-27/h3-9,12-14H,10-11H2,1-2H3,(H,23,25)/t13-,14+. The maximum absolute atomic E-state index is 5.84. The lowest BCUT2D eigenvalue weighted by molar-refractivity contribution is -0.00546. The number of hydrogen-bond donors (Lipinski definition) is 1. The molecule has 0 saturated carbocycles. The van der Waals surface area contributed by atoms with E-state index < -0.39 is 0 Å². The molecule has 1 saturated heterocycles. The molecule has 5 rings (SSSR count). The summed E-state index contributed by atoms with van der Waals surface area (Å²) in [6, 6.07) is 10.1. The Morgan fingerprint density at radius 2 is 1.86 bits per heavy atom. The summed E-state index contributed by atoms with van der Waals surface area (Å²) in [5, 5.41) is 12.7. The fourth-order valence-electron chi connectivity index (χ4n) is 3.78. The monoisotopic (exact) mass is 375 g/mol. The SMILES string of the molecule is C[C@@H]1CN(c2cc(-n3ncc4ccc(-c5ccn[nH]5)cc43)ncn2)C[C@H](C)O1. The number of aromatic amines is 1. The number of benzene rings is 1. The second-order valence-electron chi connectivity index (χ2n) is 7.20. The van der Waals surface area contributed by atoms with Gasteiger partial charge in [-0.2, -0.15) is 10.2 Å². The van der Waals surface area contributed by atoms with E-state index in [1.807, 2.05) is 23.0 Å². The maximum Gasteiger partial charge on any atom is 0.159 e. The highest BCUT2D eigenvalue weighted by molar-refractivity contribution is 5.84. The van der Waals surface area contributed by atoms with Gasteiger partial charge < -0.3 is 9.64 Å². The predicted octanol–water partition coefficient (Wildman–Crippen LogP) is 2.82. The van der Waals surface area contributed by atoms with Crippen molar-refractivity contribution in [3.05, 3.63) is 49.1 Å². The third-order valence-electron chi connectivity index (χ3n) is 4.98. The first-order chi connectivity index (χ1) is 13.7. The number of anilines is 1. The molecule has 142 valence electrons. The topological polar surface area (TPSA) is 84.8 Å². The summed E-state index contributed by atoms with van der Waals surface area (Å²) in [4.78, 5) is 11.2. The highest BCUT2D eigenvalue weighted by Crippen LogP contribution is 2.25. The van der Waals surface area contributed by atoms with E-state index in [0.29, 0.717) is 0 Å². The fourth-order valence-corrected chi connectivity index (χ4v) is 3.78. The summed E-state index contributed by atoms with van der Waals surface area (Å²) in [6.07, 6.45) is 5.54. The molecule has 4 heterocycles. The average molecular weight is 375 g/mol. The van der Waals surface area contributed by atoms with Crippen LogP contribution in [0, 0.1) is 0 Å². The first-order valence-electron chi connectivity index (χ1n) is 9.38. The summed E-state index contributed by atoms with van der Waals surface area (Å²) >= 11 is 0. The van der Waals surface area contributed by atoms with Gasteiger partial charge in [-0.15, -0.1) is 0 Å². The normalized spacial score (nSPS) is 20.0. The molecule has 1 N–H and O–H groups in total. The smallest absolute Gasteiger partial charge is 0.159 e. The summed E-state index contributed by atoms with van der Waals surface area (Å²) in [6.45, 7) is 5.79. The van der Waals surface area contributed by atoms with Crippen LogP contribution in [-0.2, 0) is 4.74 Å². The molecule has 0 spiro atoms. The summed E-state index contributed by atoms with van der Waals surface area (Å²) < 4.78 is 7.69. The van der Waals surface area contributed by atoms with Gasteiger partial charge in [0.2, 0.25) is 0 Å². The van der Waals surface area contributed by atoms with Crippen molar-refractivity contribution in [1.82, 2.24) is 29.9 Å². The summed E-state index contributed by atoms with van der Waals surface area (Å²) in [7, 11) is 0. The largest absolute Gasteiger partial charge is 0.372 e. The zero-order chi connectivity index (χ0) is 19.1. The molecule has 1 aliphatic rings. The molecule has 0 amide bonds. The zero-order valence-electron chi connectivity index (χ0n) is 15.8. The van der Waals surface area contributed by atoms with Gasteiger partial charge in [-0.1, -0.05) is 12.1 Å². The Bertz CT molecular complexity index is 1090. The van der Waals surface area contributed by atoms with Crippen molar-refractivity contribution >= 4 is 16.7 Å². The number of hydrogen-bond acceptors (Lipinski definition) is 6. The number of fused-ring (bicyclic) bond motifs is 1. The van der Waals surface area contributed by atoms with Gasteiger partial charge in [0.1, 0.15) is 12.1 Å². The van der Waals surface area contributed by atoms with Crippen molar-refractivity contribution in [2.45, 2.75) is 26.1 Å². The molecule has 0 bridgehead atoms. The van der Waals surface area contributed by atoms with E-state index in [2.05, 4.69) is 62.2 Å². The molecule has 2 atom stereocenters. The number of nitrogens with one attached hydrogen (secondary N) is 1. The summed E-state index contributed by atoms with van der Waals surface area (Å²) in [5.41, 5.74) is 3.01. The minimum Gasteiger partial charge on any atom is -0.372 e. The van der Waals surface area contributed by atoms with E-state index >= 15 is 0 Å². The maximum atomic E-state index is 5.84. The first kappa shape index (κ1) is 16.9. The number of H-pyrrole nitrogens is 1. The minimum absolute atomic E-state index is 0.171. The average Bonchev–Trinajstić information content (AvgIpc) is 3.37. The van der Waals surface area contributed by atoms with Crippen molar-refractivity contribution in [3.63, 3.8) is 0 Å². The molecule has 8 heteroatoms. The quantitative estimate of drug-likeness (QED) is 0.593. The van der Waals surface area contributed by atoms with Crippen LogP contribution in [0.3, 0.4) is 0 Å². The van der Waals surface area contributed by atoms with Crippen molar-refractivity contribution in [3.8, 4) is 17.1 Å². The van der Waals surface area contributed by atoms with Crippen molar-refractivity contribution in [2.24, 2.45) is 0 Å². The van der Waals surface area contributed by atoms with Gasteiger partial charge >= 0.3 is 0 Å². The number of aromatic nitrogens is 6. The molecule has 8 nitrogen and oxygen atoms in total. The molecule has 1 fully saturated rings. The molecule has 0 radical (unpaired) electrons. The lowest BCUT2D eigenvalue weighted by Crippen LogP contribution is -2.45. The molecule has 0 aliphatic carbocycles. The van der Waals surface area contributed by atoms with Gasteiger partial charge in [0, 0.05) is 36.3 Å². The Labute approximate surface area is 162 Å². The van der Waals surface area contributed by atoms with E-state index in [9.17, 15) is 0 Å². The van der Waals surface area contributed by atoms with E-state index in [1.54, 1.807) is 12.5 Å². The second kappa shape index (κ2) is 6.72. The highest BCUT2D eigenvalue weighted by atomic mass is 16.5. The Balaban J connectivity index is 1.54. The Hall–Kier alpha value is -3.26. The highest BCUT2D eigenvalue weighted by Gasteiger charge is 2.23. The van der Waals surface area contributed by atoms with Crippen molar-refractivity contribution in [1.29, 1.82) is 0 Å². The van der Waals surface area contributed by atoms with Crippen LogP contribution < -0.4 is 4.90 Å². The van der Waals surface area contributed by atoms with Crippen molar-refractivity contribution in [2.75, 3.05) is 18.0 Å². The van der Waals surface area contributed by atoms with E-state index in [-0.39, 0.29) is 12.2 Å². The van der Waals surface area contributed by atoms with E-state index in [4.69, 9.17) is 4.74 Å². The van der Waals surface area contributed by atoms with E-state index in [1.165, 1.54) is 0 Å². The van der Waals surface area contributed by atoms with Gasteiger partial charge in [0.05, 0.1) is 29.6 Å².